The SMILES string of the molecule is COc1cc(F)cc(NC(=O)C[C@@H]2C[C@H]3CC[C@@H](C2)N3CC(=O)NC(C)(C)C)c1. The molecule has 0 radical (unpaired) electrons. The normalized spacial score (nSPS) is 24.2. The van der Waals surface area contributed by atoms with Crippen LogP contribution in [0.4, 0.5) is 10.1 Å². The first-order valence-corrected chi connectivity index (χ1v) is 10.3. The average Bonchev–Trinajstić information content (AvgIpc) is 2.82. The van der Waals surface area contributed by atoms with E-state index < -0.39 is 5.82 Å². The van der Waals surface area contributed by atoms with Gasteiger partial charge in [-0.3, -0.25) is 14.5 Å². The van der Waals surface area contributed by atoms with Crippen LogP contribution in [0.3, 0.4) is 0 Å². The van der Waals surface area contributed by atoms with E-state index >= 15 is 0 Å². The number of hydrogen-bond donors (Lipinski definition) is 2. The van der Waals surface area contributed by atoms with Crippen LogP contribution in [0, 0.1) is 11.7 Å². The first-order chi connectivity index (χ1) is 13.6. The molecule has 0 spiro atoms. The highest BCUT2D eigenvalue weighted by Gasteiger charge is 2.41. The van der Waals surface area contributed by atoms with Crippen LogP contribution in [0.15, 0.2) is 18.2 Å². The van der Waals surface area contributed by atoms with Crippen molar-refractivity contribution >= 4 is 17.5 Å². The summed E-state index contributed by atoms with van der Waals surface area (Å²) in [5.41, 5.74) is 0.178. The minimum atomic E-state index is -0.445. The quantitative estimate of drug-likeness (QED) is 0.762. The van der Waals surface area contributed by atoms with Gasteiger partial charge in [-0.15, -0.1) is 0 Å². The van der Waals surface area contributed by atoms with Crippen molar-refractivity contribution in [1.82, 2.24) is 10.2 Å². The number of ether oxygens (including phenoxy) is 1. The minimum absolute atomic E-state index is 0.0608. The van der Waals surface area contributed by atoms with Gasteiger partial charge in [0, 0.05) is 41.9 Å². The molecule has 2 saturated heterocycles. The second-order valence-electron chi connectivity index (χ2n) is 9.32. The molecule has 2 fully saturated rings. The highest BCUT2D eigenvalue weighted by molar-refractivity contribution is 5.91. The monoisotopic (exact) mass is 405 g/mol. The van der Waals surface area contributed by atoms with Gasteiger partial charge in [-0.1, -0.05) is 0 Å². The van der Waals surface area contributed by atoms with Gasteiger partial charge in [-0.25, -0.2) is 4.39 Å². The highest BCUT2D eigenvalue weighted by atomic mass is 19.1. The van der Waals surface area contributed by atoms with Crippen molar-refractivity contribution in [3.05, 3.63) is 24.0 Å². The lowest BCUT2D eigenvalue weighted by atomic mass is 9.88. The third kappa shape index (κ3) is 5.92. The van der Waals surface area contributed by atoms with E-state index in [1.165, 1.54) is 19.2 Å². The summed E-state index contributed by atoms with van der Waals surface area (Å²) in [7, 11) is 1.46. The van der Waals surface area contributed by atoms with Crippen molar-refractivity contribution in [2.75, 3.05) is 19.0 Å². The second-order valence-corrected chi connectivity index (χ2v) is 9.32. The van der Waals surface area contributed by atoms with E-state index in [-0.39, 0.29) is 23.3 Å². The molecular formula is C22H32FN3O3. The number of methoxy groups -OCH3 is 1. The smallest absolute Gasteiger partial charge is 0.234 e. The summed E-state index contributed by atoms with van der Waals surface area (Å²) in [5.74, 6) is 0.163. The molecule has 1 aromatic rings. The molecule has 0 saturated carbocycles. The van der Waals surface area contributed by atoms with Crippen LogP contribution in [0.5, 0.6) is 5.75 Å². The van der Waals surface area contributed by atoms with Crippen LogP contribution in [0.1, 0.15) is 52.9 Å². The molecule has 6 nitrogen and oxygen atoms in total. The van der Waals surface area contributed by atoms with E-state index in [9.17, 15) is 14.0 Å². The molecule has 29 heavy (non-hydrogen) atoms. The molecule has 7 heteroatoms. The second kappa shape index (κ2) is 8.69. The van der Waals surface area contributed by atoms with Gasteiger partial charge in [0.1, 0.15) is 11.6 Å². The Labute approximate surface area is 172 Å². The zero-order chi connectivity index (χ0) is 21.2. The molecule has 2 aliphatic heterocycles. The summed E-state index contributed by atoms with van der Waals surface area (Å²) in [6, 6.07) is 4.89. The van der Waals surface area contributed by atoms with Crippen molar-refractivity contribution in [2.24, 2.45) is 5.92 Å². The van der Waals surface area contributed by atoms with Gasteiger partial charge in [0.05, 0.1) is 13.7 Å². The van der Waals surface area contributed by atoms with Gasteiger partial charge in [-0.2, -0.15) is 0 Å². The summed E-state index contributed by atoms with van der Waals surface area (Å²) < 4.78 is 18.7. The summed E-state index contributed by atoms with van der Waals surface area (Å²) >= 11 is 0. The van der Waals surface area contributed by atoms with Crippen molar-refractivity contribution in [2.45, 2.75) is 70.5 Å². The van der Waals surface area contributed by atoms with Crippen molar-refractivity contribution in [3.63, 3.8) is 0 Å². The van der Waals surface area contributed by atoms with Crippen LogP contribution in [-0.2, 0) is 9.59 Å². The average molecular weight is 406 g/mol. The van der Waals surface area contributed by atoms with Crippen LogP contribution in [0.25, 0.3) is 0 Å². The lowest BCUT2D eigenvalue weighted by molar-refractivity contribution is -0.125. The van der Waals surface area contributed by atoms with Gasteiger partial charge in [-0.05, 0) is 58.4 Å². The molecule has 3 rings (SSSR count). The predicted molar refractivity (Wildman–Crippen MR) is 110 cm³/mol. The number of nitrogens with zero attached hydrogens (tertiary/aromatic N) is 1. The third-order valence-electron chi connectivity index (χ3n) is 5.69. The standard InChI is InChI=1S/C22H32FN3O3/c1-22(2,3)25-21(28)13-26-17-5-6-18(26)8-14(7-17)9-20(27)24-16-10-15(23)11-19(12-16)29-4/h10-12,14,17-18H,5-9,13H2,1-4H3,(H,24,27)(H,25,28)/t14-,17-,18+. The first-order valence-electron chi connectivity index (χ1n) is 10.3. The van der Waals surface area contributed by atoms with E-state index in [0.717, 1.165) is 25.7 Å². The lowest BCUT2D eigenvalue weighted by Crippen LogP contribution is -2.51. The van der Waals surface area contributed by atoms with Crippen molar-refractivity contribution in [3.8, 4) is 5.75 Å². The van der Waals surface area contributed by atoms with Crippen LogP contribution in [-0.4, -0.2) is 48.0 Å². The Bertz CT molecular complexity index is 748. The van der Waals surface area contributed by atoms with Gasteiger partial charge in [0.25, 0.3) is 0 Å². The van der Waals surface area contributed by atoms with E-state index in [0.29, 0.717) is 36.5 Å². The molecule has 0 aromatic heterocycles. The predicted octanol–water partition coefficient (Wildman–Crippen LogP) is 3.32. The number of anilines is 1. The Kier molecular flexibility index (Phi) is 6.46. The number of amides is 2. The Morgan fingerprint density at radius 1 is 1.14 bits per heavy atom. The van der Waals surface area contributed by atoms with E-state index in [1.807, 2.05) is 20.8 Å². The fourth-order valence-corrected chi connectivity index (χ4v) is 4.66. The van der Waals surface area contributed by atoms with Gasteiger partial charge in [0.15, 0.2) is 0 Å². The van der Waals surface area contributed by atoms with Gasteiger partial charge in [0.2, 0.25) is 11.8 Å². The summed E-state index contributed by atoms with van der Waals surface area (Å²) in [4.78, 5) is 27.1. The number of piperidine rings is 1. The molecule has 3 atom stereocenters. The Morgan fingerprint density at radius 3 is 2.38 bits per heavy atom. The Morgan fingerprint density at radius 2 is 1.79 bits per heavy atom. The molecule has 2 bridgehead atoms. The topological polar surface area (TPSA) is 70.7 Å². The molecule has 2 aliphatic rings. The highest BCUT2D eigenvalue weighted by Crippen LogP contribution is 2.39. The lowest BCUT2D eigenvalue weighted by Gasteiger charge is -2.38. The maximum Gasteiger partial charge on any atom is 0.234 e. The number of halogens is 1. The molecule has 2 amide bonds. The number of hydrogen-bond acceptors (Lipinski definition) is 4. The van der Waals surface area contributed by atoms with Gasteiger partial charge < -0.3 is 15.4 Å². The van der Waals surface area contributed by atoms with Crippen molar-refractivity contribution in [1.29, 1.82) is 0 Å². The molecule has 1 aromatic carbocycles. The zero-order valence-electron chi connectivity index (χ0n) is 17.8. The Balaban J connectivity index is 1.53. The fraction of sp³-hybridized carbons (Fsp3) is 0.636. The minimum Gasteiger partial charge on any atom is -0.497 e. The first kappa shape index (κ1) is 21.6. The number of rotatable bonds is 6. The zero-order valence-corrected chi connectivity index (χ0v) is 17.8. The summed E-state index contributed by atoms with van der Waals surface area (Å²) in [6.07, 6.45) is 4.39. The molecule has 160 valence electrons. The number of nitrogens with one attached hydrogen (secondary N) is 2. The maximum atomic E-state index is 13.6. The van der Waals surface area contributed by atoms with Crippen LogP contribution >= 0.6 is 0 Å². The van der Waals surface area contributed by atoms with E-state index in [2.05, 4.69) is 15.5 Å². The number of benzene rings is 1. The van der Waals surface area contributed by atoms with Gasteiger partial charge >= 0.3 is 0 Å². The molecule has 2 heterocycles. The maximum absolute atomic E-state index is 13.6. The summed E-state index contributed by atoms with van der Waals surface area (Å²) in [6.45, 7) is 6.38. The van der Waals surface area contributed by atoms with Crippen LogP contribution in [0.2, 0.25) is 0 Å². The van der Waals surface area contributed by atoms with Crippen molar-refractivity contribution < 1.29 is 18.7 Å². The molecule has 0 aliphatic carbocycles. The van der Waals surface area contributed by atoms with Crippen LogP contribution < -0.4 is 15.4 Å². The molecular weight excluding hydrogens is 373 g/mol. The number of carbonyl (C=O) groups is 2. The summed E-state index contributed by atoms with van der Waals surface area (Å²) in [5, 5.41) is 5.82. The number of carbonyl (C=O) groups excluding carboxylic acids is 2. The molecule has 0 unspecified atom stereocenters. The molecule has 2 N–H and O–H groups in total. The van der Waals surface area contributed by atoms with E-state index in [1.54, 1.807) is 6.07 Å². The van der Waals surface area contributed by atoms with E-state index in [4.69, 9.17) is 4.74 Å². The number of fused-ring (bicyclic) bond motifs is 2. The Hall–Kier alpha value is -2.15. The third-order valence-corrected chi connectivity index (χ3v) is 5.69. The fourth-order valence-electron chi connectivity index (χ4n) is 4.66. The largest absolute Gasteiger partial charge is 0.497 e.